The number of carbonyl (C=O) groups excluding carboxylic acids is 2. The summed E-state index contributed by atoms with van der Waals surface area (Å²) in [5.41, 5.74) is 1.77. The van der Waals surface area contributed by atoms with Gasteiger partial charge in [-0.3, -0.25) is 9.59 Å². The number of nitrogens with one attached hydrogen (secondary N) is 1. The van der Waals surface area contributed by atoms with Crippen molar-refractivity contribution in [2.75, 3.05) is 26.5 Å². The highest BCUT2D eigenvalue weighted by atomic mass is 79.9. The van der Waals surface area contributed by atoms with Crippen molar-refractivity contribution < 1.29 is 14.3 Å². The van der Waals surface area contributed by atoms with E-state index < -0.39 is 0 Å². The van der Waals surface area contributed by atoms with E-state index in [0.29, 0.717) is 18.5 Å². The molecule has 7 heteroatoms. The highest BCUT2D eigenvalue weighted by Gasteiger charge is 2.08. The molecule has 0 aromatic heterocycles. The molecule has 0 unspecified atom stereocenters. The number of methoxy groups -OCH3 is 1. The molecule has 0 saturated carbocycles. The van der Waals surface area contributed by atoms with Gasteiger partial charge in [-0.25, -0.2) is 0 Å². The average molecular weight is 437 g/mol. The lowest BCUT2D eigenvalue weighted by molar-refractivity contribution is -0.116. The standard InChI is InChI=1S/C19H21BrN2O3S/c1-22(2)19(24)26-15-8-6-14(7-9-15)21-18(23)11-5-13-4-10-17(25-3)16(20)12-13/h4,6-10,12H,5,11H2,1-3H3,(H,21,23). The second-order valence-electron chi connectivity index (χ2n) is 5.80. The summed E-state index contributed by atoms with van der Waals surface area (Å²) in [6, 6.07) is 13.0. The molecule has 0 aliphatic carbocycles. The van der Waals surface area contributed by atoms with E-state index in [-0.39, 0.29) is 11.1 Å². The molecule has 0 aliphatic heterocycles. The molecule has 0 bridgehead atoms. The van der Waals surface area contributed by atoms with Crippen molar-refractivity contribution in [1.29, 1.82) is 0 Å². The van der Waals surface area contributed by atoms with Crippen LogP contribution in [0.3, 0.4) is 0 Å². The van der Waals surface area contributed by atoms with E-state index in [9.17, 15) is 9.59 Å². The molecular formula is C19H21BrN2O3S. The molecule has 0 fully saturated rings. The predicted octanol–water partition coefficient (Wildman–Crippen LogP) is 4.80. The Morgan fingerprint density at radius 2 is 1.85 bits per heavy atom. The van der Waals surface area contributed by atoms with Gasteiger partial charge in [0.15, 0.2) is 0 Å². The maximum absolute atomic E-state index is 12.1. The number of aryl methyl sites for hydroxylation is 1. The summed E-state index contributed by atoms with van der Waals surface area (Å²) in [6.45, 7) is 0. The zero-order valence-corrected chi connectivity index (χ0v) is 17.3. The minimum atomic E-state index is -0.0540. The molecule has 0 radical (unpaired) electrons. The first-order valence-electron chi connectivity index (χ1n) is 8.00. The van der Waals surface area contributed by atoms with Crippen LogP contribution in [0, 0.1) is 0 Å². The van der Waals surface area contributed by atoms with E-state index in [1.165, 1.54) is 4.90 Å². The zero-order valence-electron chi connectivity index (χ0n) is 14.9. The Morgan fingerprint density at radius 1 is 1.15 bits per heavy atom. The number of anilines is 1. The monoisotopic (exact) mass is 436 g/mol. The first-order valence-corrected chi connectivity index (χ1v) is 9.61. The minimum absolute atomic E-state index is 0.0348. The maximum atomic E-state index is 12.1. The predicted molar refractivity (Wildman–Crippen MR) is 109 cm³/mol. The number of carbonyl (C=O) groups is 2. The average Bonchev–Trinajstić information content (AvgIpc) is 2.61. The Hall–Kier alpha value is -1.99. The van der Waals surface area contributed by atoms with Gasteiger partial charge in [0.1, 0.15) is 5.75 Å². The molecule has 2 rings (SSSR count). The topological polar surface area (TPSA) is 58.6 Å². The van der Waals surface area contributed by atoms with Gasteiger partial charge in [-0.15, -0.1) is 0 Å². The van der Waals surface area contributed by atoms with Gasteiger partial charge in [-0.05, 0) is 76.1 Å². The van der Waals surface area contributed by atoms with Crippen LogP contribution in [0.2, 0.25) is 0 Å². The Labute approximate surface area is 166 Å². The summed E-state index contributed by atoms with van der Waals surface area (Å²) in [5.74, 6) is 0.714. The SMILES string of the molecule is COc1ccc(CCC(=O)Nc2ccc(SC(=O)N(C)C)cc2)cc1Br. The van der Waals surface area contributed by atoms with Gasteiger partial charge >= 0.3 is 0 Å². The van der Waals surface area contributed by atoms with E-state index in [2.05, 4.69) is 21.2 Å². The van der Waals surface area contributed by atoms with Crippen molar-refractivity contribution in [3.63, 3.8) is 0 Å². The molecule has 1 N–H and O–H groups in total. The van der Waals surface area contributed by atoms with Gasteiger partial charge in [0.05, 0.1) is 11.6 Å². The third-order valence-corrected chi connectivity index (χ3v) is 5.23. The molecule has 138 valence electrons. The molecule has 2 aromatic rings. The fraction of sp³-hybridized carbons (Fsp3) is 0.263. The lowest BCUT2D eigenvalue weighted by Crippen LogP contribution is -2.16. The van der Waals surface area contributed by atoms with Crippen LogP contribution in [-0.4, -0.2) is 37.3 Å². The Morgan fingerprint density at radius 3 is 2.42 bits per heavy atom. The van der Waals surface area contributed by atoms with E-state index in [1.54, 1.807) is 33.3 Å². The lowest BCUT2D eigenvalue weighted by Gasteiger charge is -2.10. The summed E-state index contributed by atoms with van der Waals surface area (Å²) in [7, 11) is 5.05. The third kappa shape index (κ3) is 6.07. The van der Waals surface area contributed by atoms with Crippen LogP contribution >= 0.6 is 27.7 Å². The number of thioether (sulfide) groups is 1. The fourth-order valence-corrected chi connectivity index (χ4v) is 3.39. The van der Waals surface area contributed by atoms with E-state index >= 15 is 0 Å². The van der Waals surface area contributed by atoms with Crippen LogP contribution in [0.25, 0.3) is 0 Å². The van der Waals surface area contributed by atoms with Gasteiger partial charge in [-0.1, -0.05) is 6.07 Å². The molecule has 0 atom stereocenters. The lowest BCUT2D eigenvalue weighted by atomic mass is 10.1. The Kier molecular flexibility index (Phi) is 7.53. The first kappa shape index (κ1) is 20.3. The number of hydrogen-bond donors (Lipinski definition) is 1. The zero-order chi connectivity index (χ0) is 19.1. The molecule has 2 aromatic carbocycles. The number of ether oxygens (including phenoxy) is 1. The van der Waals surface area contributed by atoms with Gasteiger partial charge in [0.25, 0.3) is 5.24 Å². The highest BCUT2D eigenvalue weighted by Crippen LogP contribution is 2.26. The van der Waals surface area contributed by atoms with Crippen molar-refractivity contribution in [1.82, 2.24) is 4.90 Å². The molecule has 0 aliphatic rings. The largest absolute Gasteiger partial charge is 0.496 e. The Balaban J connectivity index is 1.85. The second kappa shape index (κ2) is 9.64. The number of nitrogens with zero attached hydrogens (tertiary/aromatic N) is 1. The summed E-state index contributed by atoms with van der Waals surface area (Å²) in [4.78, 5) is 26.2. The molecule has 5 nitrogen and oxygen atoms in total. The van der Waals surface area contributed by atoms with Crippen LogP contribution < -0.4 is 10.1 Å². The van der Waals surface area contributed by atoms with Gasteiger partial charge in [0.2, 0.25) is 5.91 Å². The molecule has 0 spiro atoms. The summed E-state index contributed by atoms with van der Waals surface area (Å²) in [5, 5.41) is 2.84. The van der Waals surface area contributed by atoms with E-state index in [0.717, 1.165) is 32.4 Å². The van der Waals surface area contributed by atoms with Gasteiger partial charge in [-0.2, -0.15) is 0 Å². The summed E-state index contributed by atoms with van der Waals surface area (Å²) in [6.07, 6.45) is 1.02. The molecule has 0 heterocycles. The number of benzene rings is 2. The highest BCUT2D eigenvalue weighted by molar-refractivity contribution is 9.10. The summed E-state index contributed by atoms with van der Waals surface area (Å²) < 4.78 is 6.07. The van der Waals surface area contributed by atoms with Crippen molar-refractivity contribution >= 4 is 44.5 Å². The van der Waals surface area contributed by atoms with E-state index in [4.69, 9.17) is 4.74 Å². The first-order chi connectivity index (χ1) is 12.4. The smallest absolute Gasteiger partial charge is 0.285 e. The van der Waals surface area contributed by atoms with E-state index in [1.807, 2.05) is 30.3 Å². The minimum Gasteiger partial charge on any atom is -0.496 e. The Bertz CT molecular complexity index is 779. The van der Waals surface area contributed by atoms with Gasteiger partial charge < -0.3 is 15.0 Å². The molecular weight excluding hydrogens is 416 g/mol. The molecule has 2 amide bonds. The third-order valence-electron chi connectivity index (χ3n) is 3.57. The number of amides is 2. The molecule has 26 heavy (non-hydrogen) atoms. The fourth-order valence-electron chi connectivity index (χ4n) is 2.15. The number of rotatable bonds is 6. The van der Waals surface area contributed by atoms with Crippen molar-refractivity contribution in [2.45, 2.75) is 17.7 Å². The van der Waals surface area contributed by atoms with Crippen molar-refractivity contribution in [3.05, 3.63) is 52.5 Å². The van der Waals surface area contributed by atoms with Crippen LogP contribution in [0.5, 0.6) is 5.75 Å². The maximum Gasteiger partial charge on any atom is 0.285 e. The van der Waals surface area contributed by atoms with Crippen LogP contribution in [0.1, 0.15) is 12.0 Å². The van der Waals surface area contributed by atoms with Crippen molar-refractivity contribution in [2.24, 2.45) is 0 Å². The number of halogens is 1. The second-order valence-corrected chi connectivity index (χ2v) is 7.68. The van der Waals surface area contributed by atoms with Crippen LogP contribution in [0.4, 0.5) is 10.5 Å². The normalized spacial score (nSPS) is 10.3. The van der Waals surface area contributed by atoms with Crippen LogP contribution in [0.15, 0.2) is 51.8 Å². The van der Waals surface area contributed by atoms with Crippen molar-refractivity contribution in [3.8, 4) is 5.75 Å². The van der Waals surface area contributed by atoms with Gasteiger partial charge in [0, 0.05) is 31.1 Å². The van der Waals surface area contributed by atoms with Crippen LogP contribution in [-0.2, 0) is 11.2 Å². The quantitative estimate of drug-likeness (QED) is 0.660. The number of hydrogen-bond acceptors (Lipinski definition) is 4. The molecule has 0 saturated heterocycles. The summed E-state index contributed by atoms with van der Waals surface area (Å²) >= 11 is 4.60.